The Hall–Kier alpha value is -0.420. The number of carbonyl (C=O) groups is 1. The molecule has 114 valence electrons. The summed E-state index contributed by atoms with van der Waals surface area (Å²) in [5.41, 5.74) is 1.19. The first kappa shape index (κ1) is 15.5. The number of carbonyl (C=O) groups excluding carboxylic acids is 1. The van der Waals surface area contributed by atoms with Gasteiger partial charge in [-0.25, -0.2) is 0 Å². The van der Waals surface area contributed by atoms with Crippen molar-refractivity contribution in [3.63, 3.8) is 0 Å². The maximum atomic E-state index is 11.9. The number of alkyl halides is 1. The Morgan fingerprint density at radius 2 is 2.10 bits per heavy atom. The number of hydrogen-bond acceptors (Lipinski definition) is 4. The summed E-state index contributed by atoms with van der Waals surface area (Å²) in [4.78, 5) is 11.6. The minimum atomic E-state index is -0.765. The molecule has 0 radical (unpaired) electrons. The molecule has 1 aromatic carbocycles. The molecular weight excluding hydrogens is 329 g/mol. The van der Waals surface area contributed by atoms with Gasteiger partial charge in [-0.1, -0.05) is 31.5 Å². The van der Waals surface area contributed by atoms with Gasteiger partial charge < -0.3 is 5.11 Å². The van der Waals surface area contributed by atoms with Gasteiger partial charge in [-0.05, 0) is 29.8 Å². The zero-order chi connectivity index (χ0) is 15.6. The smallest absolute Gasteiger partial charge is 0.134 e. The summed E-state index contributed by atoms with van der Waals surface area (Å²) in [7, 11) is 0. The number of nitrogens with zero attached hydrogens (tertiary/aromatic N) is 1. The summed E-state index contributed by atoms with van der Waals surface area (Å²) in [5, 5.41) is 10.3. The van der Waals surface area contributed by atoms with Gasteiger partial charge in [-0.2, -0.15) is 4.42 Å². The monoisotopic (exact) mass is 345 g/mol. The van der Waals surface area contributed by atoms with Crippen LogP contribution in [0.1, 0.15) is 50.3 Å². The van der Waals surface area contributed by atoms with Crippen LogP contribution in [0.2, 0.25) is 0 Å². The molecule has 3 atom stereocenters. The van der Waals surface area contributed by atoms with Crippen molar-refractivity contribution in [2.75, 3.05) is 0 Å². The first-order valence-corrected chi connectivity index (χ1v) is 8.31. The van der Waals surface area contributed by atoms with E-state index in [2.05, 4.69) is 12.6 Å². The molecule has 1 aliphatic heterocycles. The topological polar surface area (TPSA) is 40.5 Å². The Morgan fingerprint density at radius 1 is 1.43 bits per heavy atom. The number of hydrogen-bond donors (Lipinski definition) is 2. The lowest BCUT2D eigenvalue weighted by atomic mass is 9.45. The standard InChI is InChI=1S/C13H11Cl2NO2S.C2H6/c14-13-4-3-6(17)5-12(13)9-7(11(12)16(13)15)1-2-8(19)10(9)18;1-2/h1-2,11,18-19H,3-5H2;1-2H3. The van der Waals surface area contributed by atoms with Crippen LogP contribution >= 0.6 is 36.0 Å². The van der Waals surface area contributed by atoms with E-state index in [-0.39, 0.29) is 17.6 Å². The summed E-state index contributed by atoms with van der Waals surface area (Å²) >= 11 is 17.2. The SMILES string of the molecule is CC.O=C1CCC2(Cl)N(Cl)C3c4ccc(S)c(O)c4C32C1. The Balaban J connectivity index is 0.000000636. The molecule has 0 aromatic heterocycles. The molecule has 4 rings (SSSR count). The van der Waals surface area contributed by atoms with Gasteiger partial charge in [-0.15, -0.1) is 12.6 Å². The predicted molar refractivity (Wildman–Crippen MR) is 86.3 cm³/mol. The van der Waals surface area contributed by atoms with Crippen LogP contribution in [0.15, 0.2) is 17.0 Å². The average molecular weight is 346 g/mol. The fraction of sp³-hybridized carbons (Fsp3) is 0.533. The summed E-state index contributed by atoms with van der Waals surface area (Å²) in [6, 6.07) is 3.57. The molecule has 21 heavy (non-hydrogen) atoms. The van der Waals surface area contributed by atoms with Crippen molar-refractivity contribution in [2.24, 2.45) is 0 Å². The van der Waals surface area contributed by atoms with Gasteiger partial charge in [-0.3, -0.25) is 4.79 Å². The first-order valence-electron chi connectivity index (χ1n) is 7.14. The fourth-order valence-electron chi connectivity index (χ4n) is 4.02. The van der Waals surface area contributed by atoms with Crippen LogP contribution in [0.4, 0.5) is 0 Å². The number of benzene rings is 1. The van der Waals surface area contributed by atoms with Crippen molar-refractivity contribution in [2.45, 2.75) is 54.5 Å². The van der Waals surface area contributed by atoms with Crippen LogP contribution in [-0.2, 0) is 10.2 Å². The van der Waals surface area contributed by atoms with E-state index in [0.29, 0.717) is 24.2 Å². The normalized spacial score (nSPS) is 36.2. The highest BCUT2D eigenvalue weighted by molar-refractivity contribution is 7.80. The van der Waals surface area contributed by atoms with Gasteiger partial charge in [0.1, 0.15) is 16.5 Å². The van der Waals surface area contributed by atoms with Crippen molar-refractivity contribution in [1.82, 2.24) is 4.42 Å². The van der Waals surface area contributed by atoms with E-state index in [9.17, 15) is 9.90 Å². The highest BCUT2D eigenvalue weighted by Gasteiger charge is 2.79. The highest BCUT2D eigenvalue weighted by Crippen LogP contribution is 2.77. The van der Waals surface area contributed by atoms with Gasteiger partial charge in [0.05, 0.1) is 11.5 Å². The number of fused-ring (bicyclic) bond motifs is 2. The van der Waals surface area contributed by atoms with Gasteiger partial charge in [0.15, 0.2) is 0 Å². The lowest BCUT2D eigenvalue weighted by molar-refractivity contribution is -0.145. The van der Waals surface area contributed by atoms with Gasteiger partial charge in [0.2, 0.25) is 0 Å². The summed E-state index contributed by atoms with van der Waals surface area (Å²) < 4.78 is 1.61. The third-order valence-corrected chi connectivity index (χ3v) is 6.50. The van der Waals surface area contributed by atoms with E-state index in [1.165, 1.54) is 0 Å². The number of aromatic hydroxyl groups is 1. The van der Waals surface area contributed by atoms with Crippen LogP contribution < -0.4 is 0 Å². The van der Waals surface area contributed by atoms with E-state index >= 15 is 0 Å². The molecule has 1 saturated heterocycles. The maximum Gasteiger partial charge on any atom is 0.134 e. The molecule has 3 aliphatic rings. The minimum absolute atomic E-state index is 0.0780. The first-order chi connectivity index (χ1) is 9.93. The third-order valence-electron chi connectivity index (χ3n) is 4.86. The maximum absolute atomic E-state index is 11.9. The number of phenolic OH excluding ortho intramolecular Hbond substituents is 1. The molecule has 2 fully saturated rings. The lowest BCUT2D eigenvalue weighted by Crippen LogP contribution is -2.78. The minimum Gasteiger partial charge on any atom is -0.506 e. The Labute approximate surface area is 139 Å². The molecule has 3 unspecified atom stereocenters. The molecular formula is C15H17Cl2NO2S. The van der Waals surface area contributed by atoms with Crippen LogP contribution in [0.3, 0.4) is 0 Å². The average Bonchev–Trinajstić information content (AvgIpc) is 2.47. The van der Waals surface area contributed by atoms with Crippen LogP contribution in [-0.4, -0.2) is 20.3 Å². The molecule has 1 aromatic rings. The second-order valence-electron chi connectivity index (χ2n) is 5.56. The molecule has 2 aliphatic carbocycles. The van der Waals surface area contributed by atoms with Gasteiger partial charge in [0.25, 0.3) is 0 Å². The third kappa shape index (κ3) is 1.55. The van der Waals surface area contributed by atoms with E-state index < -0.39 is 10.4 Å². The van der Waals surface area contributed by atoms with Crippen molar-refractivity contribution < 1.29 is 9.90 Å². The number of Topliss-reactive ketones (excluding diaryl/α,β-unsaturated/α-hetero) is 1. The van der Waals surface area contributed by atoms with Crippen molar-refractivity contribution >= 4 is 41.8 Å². The fourth-order valence-corrected chi connectivity index (χ4v) is 5.17. The van der Waals surface area contributed by atoms with Crippen molar-refractivity contribution in [3.8, 4) is 5.75 Å². The molecule has 1 spiro atoms. The van der Waals surface area contributed by atoms with E-state index in [1.54, 1.807) is 10.5 Å². The van der Waals surface area contributed by atoms with Gasteiger partial charge >= 0.3 is 0 Å². The quantitative estimate of drug-likeness (QED) is 0.321. The molecule has 3 nitrogen and oxygen atoms in total. The molecule has 1 saturated carbocycles. The van der Waals surface area contributed by atoms with Crippen LogP contribution in [0.25, 0.3) is 0 Å². The number of halogens is 2. The number of rotatable bonds is 0. The lowest BCUT2D eigenvalue weighted by Gasteiger charge is -2.73. The predicted octanol–water partition coefficient (Wildman–Crippen LogP) is 4.16. The Bertz CT molecular complexity index is 638. The largest absolute Gasteiger partial charge is 0.506 e. The summed E-state index contributed by atoms with van der Waals surface area (Å²) in [6.45, 7) is 4.00. The molecule has 6 heteroatoms. The zero-order valence-electron chi connectivity index (χ0n) is 11.9. The highest BCUT2D eigenvalue weighted by atomic mass is 35.5. The van der Waals surface area contributed by atoms with E-state index in [4.69, 9.17) is 23.4 Å². The number of ketones is 1. The van der Waals surface area contributed by atoms with E-state index in [0.717, 1.165) is 11.1 Å². The number of phenols is 1. The Kier molecular flexibility index (Phi) is 3.53. The summed E-state index contributed by atoms with van der Waals surface area (Å²) in [6.07, 6.45) is 1.31. The zero-order valence-corrected chi connectivity index (χ0v) is 14.3. The van der Waals surface area contributed by atoms with Crippen molar-refractivity contribution in [3.05, 3.63) is 23.3 Å². The number of thiol groups is 1. The Morgan fingerprint density at radius 3 is 2.76 bits per heavy atom. The van der Waals surface area contributed by atoms with Crippen molar-refractivity contribution in [1.29, 1.82) is 0 Å². The second kappa shape index (κ2) is 4.79. The summed E-state index contributed by atoms with van der Waals surface area (Å²) in [5.74, 6) is 0.322. The van der Waals surface area contributed by atoms with Crippen LogP contribution in [0, 0.1) is 0 Å². The van der Waals surface area contributed by atoms with Gasteiger partial charge in [0, 0.05) is 23.3 Å². The molecule has 0 amide bonds. The van der Waals surface area contributed by atoms with Crippen LogP contribution in [0.5, 0.6) is 5.75 Å². The van der Waals surface area contributed by atoms with E-state index in [1.807, 2.05) is 19.9 Å². The second-order valence-corrected chi connectivity index (χ2v) is 7.03. The molecule has 1 N–H and O–H groups in total. The molecule has 0 bridgehead atoms. The molecule has 1 heterocycles.